The predicted molar refractivity (Wildman–Crippen MR) is 140 cm³/mol. The number of fused-ring (bicyclic) bond motifs is 2. The Labute approximate surface area is 217 Å². The number of carbonyl (C=O) groups excluding carboxylic acids is 3. The number of allylic oxidation sites excluding steroid dienone is 2. The number of carbonyl (C=O) groups is 3. The first kappa shape index (κ1) is 27.5. The van der Waals surface area contributed by atoms with Crippen molar-refractivity contribution < 1.29 is 24.2 Å². The summed E-state index contributed by atoms with van der Waals surface area (Å²) in [6, 6.07) is 0. The molecule has 0 saturated heterocycles. The second-order valence-corrected chi connectivity index (χ2v) is 14.2. The van der Waals surface area contributed by atoms with Crippen molar-refractivity contribution in [2.24, 2.45) is 45.3 Å². The fraction of sp³-hybridized carbons (Fsp3) is 0.839. The Morgan fingerprint density at radius 3 is 2.42 bits per heavy atom. The largest absolute Gasteiger partial charge is 0.469 e. The van der Waals surface area contributed by atoms with E-state index in [1.54, 1.807) is 6.08 Å². The Hall–Kier alpha value is -1.49. The molecule has 1 spiro atoms. The Morgan fingerprint density at radius 1 is 1.17 bits per heavy atom. The summed E-state index contributed by atoms with van der Waals surface area (Å²) in [5.41, 5.74) is -0.0597. The number of rotatable bonds is 8. The molecule has 4 fully saturated rings. The van der Waals surface area contributed by atoms with E-state index in [4.69, 9.17) is 4.74 Å². The number of methoxy groups -OCH3 is 1. The van der Waals surface area contributed by atoms with E-state index in [-0.39, 0.29) is 51.2 Å². The van der Waals surface area contributed by atoms with Crippen molar-refractivity contribution in [1.29, 1.82) is 0 Å². The second-order valence-electron chi connectivity index (χ2n) is 14.2. The highest BCUT2D eigenvalue weighted by Crippen LogP contribution is 2.87. The molecule has 4 saturated carbocycles. The van der Waals surface area contributed by atoms with Crippen LogP contribution in [-0.2, 0) is 19.1 Å². The van der Waals surface area contributed by atoms with E-state index < -0.39 is 5.60 Å². The van der Waals surface area contributed by atoms with Crippen molar-refractivity contribution in [1.82, 2.24) is 0 Å². The van der Waals surface area contributed by atoms with Gasteiger partial charge in [0.1, 0.15) is 5.78 Å². The lowest BCUT2D eigenvalue weighted by Crippen LogP contribution is -2.56. The lowest BCUT2D eigenvalue weighted by molar-refractivity contribution is -0.152. The molecule has 4 aliphatic carbocycles. The summed E-state index contributed by atoms with van der Waals surface area (Å²) < 4.78 is 5.00. The first-order chi connectivity index (χ1) is 16.6. The maximum atomic E-state index is 13.7. The minimum Gasteiger partial charge on any atom is -0.469 e. The highest BCUT2D eigenvalue weighted by molar-refractivity contribution is 5.92. The third kappa shape index (κ3) is 3.85. The lowest BCUT2D eigenvalue weighted by atomic mass is 9.43. The Bertz CT molecular complexity index is 970. The average Bonchev–Trinajstić information content (AvgIpc) is 3.36. The molecule has 0 bridgehead atoms. The van der Waals surface area contributed by atoms with E-state index >= 15 is 0 Å². The van der Waals surface area contributed by atoms with Crippen LogP contribution in [0.4, 0.5) is 0 Å². The van der Waals surface area contributed by atoms with Crippen LogP contribution >= 0.6 is 0 Å². The standard InChI is InChI=1S/C31H48O5/c1-19(2)15-21(32)16-20(3)26-22(33)17-29(7)24-10-9-23(27(4,5)35)30(12-11-25(34)36-8)18-31(24,30)14-13-28(26,29)6/h15,20,23-24,26,35H,9-14,16-18H2,1-8H3/t20-,23+,24+,26+,28-,29+,30-,31+/m1/s1. The van der Waals surface area contributed by atoms with Gasteiger partial charge in [-0.15, -0.1) is 0 Å². The highest BCUT2D eigenvalue weighted by atomic mass is 16.5. The summed E-state index contributed by atoms with van der Waals surface area (Å²) in [7, 11) is 1.45. The molecule has 0 aromatic carbocycles. The first-order valence-electron chi connectivity index (χ1n) is 14.1. The van der Waals surface area contributed by atoms with Gasteiger partial charge in [-0.2, -0.15) is 0 Å². The van der Waals surface area contributed by atoms with Crippen LogP contribution in [0.1, 0.15) is 106 Å². The first-order valence-corrected chi connectivity index (χ1v) is 14.1. The van der Waals surface area contributed by atoms with Crippen LogP contribution in [0.2, 0.25) is 0 Å². The number of ether oxygens (including phenoxy) is 1. The molecule has 4 rings (SSSR count). The molecule has 0 unspecified atom stereocenters. The van der Waals surface area contributed by atoms with E-state index in [2.05, 4.69) is 20.8 Å². The van der Waals surface area contributed by atoms with E-state index in [0.717, 1.165) is 44.1 Å². The van der Waals surface area contributed by atoms with Crippen molar-refractivity contribution in [3.8, 4) is 0 Å². The third-order valence-corrected chi connectivity index (χ3v) is 11.7. The molecular formula is C31H48O5. The van der Waals surface area contributed by atoms with E-state index in [0.29, 0.717) is 31.0 Å². The summed E-state index contributed by atoms with van der Waals surface area (Å²) in [6.45, 7) is 14.5. The van der Waals surface area contributed by atoms with Crippen LogP contribution in [0, 0.1) is 45.3 Å². The van der Waals surface area contributed by atoms with E-state index in [1.807, 2.05) is 27.7 Å². The molecule has 1 N–H and O–H groups in total. The maximum absolute atomic E-state index is 13.7. The van der Waals surface area contributed by atoms with Gasteiger partial charge >= 0.3 is 5.97 Å². The molecule has 8 atom stereocenters. The smallest absolute Gasteiger partial charge is 0.305 e. The molecule has 5 nitrogen and oxygen atoms in total. The Kier molecular flexibility index (Phi) is 6.72. The number of esters is 1. The van der Waals surface area contributed by atoms with Crippen LogP contribution in [0.15, 0.2) is 11.6 Å². The monoisotopic (exact) mass is 500 g/mol. The topological polar surface area (TPSA) is 80.7 Å². The van der Waals surface area contributed by atoms with Crippen LogP contribution in [0.5, 0.6) is 0 Å². The minimum absolute atomic E-state index is 0.0254. The SMILES string of the molecule is COC(=O)CC[C@]12C[C@]13CC[C@]1(C)[C@@H]([C@H](C)CC(=O)C=C(C)C)C(=O)C[C@@]1(C)[C@@H]3CC[C@H]2C(C)(C)O. The molecule has 0 aromatic heterocycles. The number of aliphatic hydroxyl groups is 1. The molecule has 36 heavy (non-hydrogen) atoms. The quantitative estimate of drug-likeness (QED) is 0.323. The number of hydrogen-bond acceptors (Lipinski definition) is 5. The van der Waals surface area contributed by atoms with Crippen molar-refractivity contribution in [2.75, 3.05) is 7.11 Å². The van der Waals surface area contributed by atoms with Crippen molar-refractivity contribution in [2.45, 2.75) is 112 Å². The Morgan fingerprint density at radius 2 is 1.83 bits per heavy atom. The molecular weight excluding hydrogens is 452 g/mol. The number of Topliss-reactive ketones (excluding diaryl/α,β-unsaturated/α-hetero) is 1. The molecule has 0 radical (unpaired) electrons. The van der Waals surface area contributed by atoms with Crippen molar-refractivity contribution in [3.05, 3.63) is 11.6 Å². The fourth-order valence-corrected chi connectivity index (χ4v) is 10.3. The Balaban J connectivity index is 1.66. The molecule has 5 heteroatoms. The second kappa shape index (κ2) is 8.78. The number of ketones is 2. The van der Waals surface area contributed by atoms with E-state index in [1.165, 1.54) is 7.11 Å². The zero-order valence-electron chi connectivity index (χ0n) is 23.8. The van der Waals surface area contributed by atoms with Gasteiger partial charge in [0.2, 0.25) is 0 Å². The summed E-state index contributed by atoms with van der Waals surface area (Å²) in [5, 5.41) is 11.2. The lowest BCUT2D eigenvalue weighted by Gasteiger charge is -2.61. The predicted octanol–water partition coefficient (Wildman–Crippen LogP) is 6.07. The van der Waals surface area contributed by atoms with Gasteiger partial charge in [0.15, 0.2) is 5.78 Å². The summed E-state index contributed by atoms with van der Waals surface area (Å²) in [4.78, 5) is 38.5. The van der Waals surface area contributed by atoms with Crippen LogP contribution < -0.4 is 0 Å². The summed E-state index contributed by atoms with van der Waals surface area (Å²) in [5.74, 6) is 0.749. The van der Waals surface area contributed by atoms with Gasteiger partial charge < -0.3 is 9.84 Å². The molecule has 0 amide bonds. The van der Waals surface area contributed by atoms with Crippen LogP contribution in [0.3, 0.4) is 0 Å². The molecule has 0 aromatic rings. The zero-order chi connectivity index (χ0) is 26.9. The van der Waals surface area contributed by atoms with Gasteiger partial charge in [-0.25, -0.2) is 0 Å². The fourth-order valence-electron chi connectivity index (χ4n) is 10.3. The van der Waals surface area contributed by atoms with Crippen LogP contribution in [0.25, 0.3) is 0 Å². The summed E-state index contributed by atoms with van der Waals surface area (Å²) in [6.07, 6.45) is 8.85. The zero-order valence-corrected chi connectivity index (χ0v) is 23.8. The van der Waals surface area contributed by atoms with E-state index in [9.17, 15) is 19.5 Å². The van der Waals surface area contributed by atoms with Gasteiger partial charge in [-0.3, -0.25) is 14.4 Å². The number of hydrogen-bond donors (Lipinski definition) is 1. The third-order valence-electron chi connectivity index (χ3n) is 11.7. The summed E-state index contributed by atoms with van der Waals surface area (Å²) >= 11 is 0. The van der Waals surface area contributed by atoms with Gasteiger partial charge in [0.05, 0.1) is 12.7 Å². The van der Waals surface area contributed by atoms with Crippen molar-refractivity contribution >= 4 is 17.5 Å². The molecule has 202 valence electrons. The van der Waals surface area contributed by atoms with Gasteiger partial charge in [0, 0.05) is 25.2 Å². The average molecular weight is 501 g/mol. The van der Waals surface area contributed by atoms with Crippen LogP contribution in [-0.4, -0.2) is 35.4 Å². The maximum Gasteiger partial charge on any atom is 0.305 e. The molecule has 4 aliphatic rings. The minimum atomic E-state index is -0.805. The van der Waals surface area contributed by atoms with Gasteiger partial charge in [-0.05, 0) is 112 Å². The molecule has 0 aliphatic heterocycles. The van der Waals surface area contributed by atoms with Crippen molar-refractivity contribution in [3.63, 3.8) is 0 Å². The normalized spacial score (nSPS) is 42.0. The van der Waals surface area contributed by atoms with Gasteiger partial charge in [-0.1, -0.05) is 26.3 Å². The van der Waals surface area contributed by atoms with Gasteiger partial charge in [0.25, 0.3) is 0 Å². The molecule has 0 heterocycles. The highest BCUT2D eigenvalue weighted by Gasteiger charge is 2.81.